The molecule has 2 rings (SSSR count). The molecular weight excluding hydrogens is 202 g/mol. The zero-order valence-electron chi connectivity index (χ0n) is 9.32. The van der Waals surface area contributed by atoms with Crippen molar-refractivity contribution in [2.45, 2.75) is 51.0 Å². The van der Waals surface area contributed by atoms with Crippen LogP contribution >= 0.6 is 11.3 Å². The molecule has 0 aliphatic heterocycles. The monoisotopic (exact) mass is 223 g/mol. The largest absolute Gasteiger partial charge is 0.328 e. The maximum Gasteiger partial charge on any atom is 0.00453 e. The number of rotatable bonds is 3. The van der Waals surface area contributed by atoms with Crippen LogP contribution in [0.25, 0.3) is 0 Å². The van der Waals surface area contributed by atoms with Crippen molar-refractivity contribution in [3.63, 3.8) is 0 Å². The number of hydrogen-bond acceptors (Lipinski definition) is 2. The first-order valence-electron chi connectivity index (χ1n) is 6.12. The Hall–Kier alpha value is -0.340. The third-order valence-corrected chi connectivity index (χ3v) is 4.39. The van der Waals surface area contributed by atoms with Crippen LogP contribution in [0.5, 0.6) is 0 Å². The van der Waals surface area contributed by atoms with Crippen LogP contribution in [-0.2, 0) is 6.42 Å². The van der Waals surface area contributed by atoms with E-state index in [0.717, 1.165) is 5.92 Å². The van der Waals surface area contributed by atoms with Gasteiger partial charge < -0.3 is 5.73 Å². The van der Waals surface area contributed by atoms with E-state index in [0.29, 0.717) is 6.04 Å². The summed E-state index contributed by atoms with van der Waals surface area (Å²) < 4.78 is 0. The minimum Gasteiger partial charge on any atom is -0.328 e. The maximum absolute atomic E-state index is 6.08. The molecule has 0 radical (unpaired) electrons. The molecule has 2 atom stereocenters. The minimum absolute atomic E-state index is 0.473. The van der Waals surface area contributed by atoms with Crippen molar-refractivity contribution in [2.75, 3.05) is 0 Å². The van der Waals surface area contributed by atoms with Crippen LogP contribution in [0.3, 0.4) is 0 Å². The highest BCUT2D eigenvalue weighted by Gasteiger charge is 2.17. The summed E-state index contributed by atoms with van der Waals surface area (Å²) in [4.78, 5) is 1.54. The molecule has 0 amide bonds. The van der Waals surface area contributed by atoms with E-state index >= 15 is 0 Å². The molecular formula is C13H21NS. The summed E-state index contributed by atoms with van der Waals surface area (Å²) in [5.74, 6) is 0.879. The third-order valence-electron chi connectivity index (χ3n) is 3.45. The van der Waals surface area contributed by atoms with Crippen LogP contribution in [0.1, 0.15) is 43.4 Å². The summed E-state index contributed by atoms with van der Waals surface area (Å²) in [6.07, 6.45) is 9.24. The van der Waals surface area contributed by atoms with E-state index in [1.54, 1.807) is 0 Å². The molecule has 84 valence electrons. The van der Waals surface area contributed by atoms with Gasteiger partial charge >= 0.3 is 0 Å². The molecule has 1 nitrogen and oxygen atoms in total. The number of nitrogens with two attached hydrogens (primary N) is 1. The first-order chi connectivity index (χ1) is 7.34. The summed E-state index contributed by atoms with van der Waals surface area (Å²) in [5.41, 5.74) is 6.08. The van der Waals surface area contributed by atoms with Gasteiger partial charge in [0, 0.05) is 10.9 Å². The Morgan fingerprint density at radius 1 is 1.33 bits per heavy atom. The van der Waals surface area contributed by atoms with Gasteiger partial charge in [0.25, 0.3) is 0 Å². The van der Waals surface area contributed by atoms with Crippen molar-refractivity contribution in [1.82, 2.24) is 0 Å². The standard InChI is InChI=1S/C13H21NS/c14-12-5-2-1-4-11(10-12)7-8-13-6-3-9-15-13/h3,6,9,11-12H,1-2,4-5,7-8,10,14H2. The molecule has 0 spiro atoms. The molecule has 1 saturated carbocycles. The molecule has 1 aliphatic rings. The zero-order chi connectivity index (χ0) is 10.5. The summed E-state index contributed by atoms with van der Waals surface area (Å²) in [7, 11) is 0. The lowest BCUT2D eigenvalue weighted by atomic mass is 9.93. The topological polar surface area (TPSA) is 26.0 Å². The fourth-order valence-electron chi connectivity index (χ4n) is 2.57. The summed E-state index contributed by atoms with van der Waals surface area (Å²) >= 11 is 1.89. The molecule has 1 aliphatic carbocycles. The fourth-order valence-corrected chi connectivity index (χ4v) is 3.29. The lowest BCUT2D eigenvalue weighted by Gasteiger charge is -2.16. The maximum atomic E-state index is 6.08. The third kappa shape index (κ3) is 3.62. The lowest BCUT2D eigenvalue weighted by molar-refractivity contribution is 0.407. The summed E-state index contributed by atoms with van der Waals surface area (Å²) in [5, 5.41) is 2.17. The van der Waals surface area contributed by atoms with E-state index in [-0.39, 0.29) is 0 Å². The number of thiophene rings is 1. The molecule has 0 aromatic carbocycles. The molecule has 0 bridgehead atoms. The zero-order valence-corrected chi connectivity index (χ0v) is 10.1. The van der Waals surface area contributed by atoms with Gasteiger partial charge in [-0.2, -0.15) is 0 Å². The molecule has 2 N–H and O–H groups in total. The van der Waals surface area contributed by atoms with Crippen LogP contribution in [0, 0.1) is 5.92 Å². The van der Waals surface area contributed by atoms with E-state index in [1.165, 1.54) is 49.8 Å². The Labute approximate surface area is 96.7 Å². The molecule has 1 aromatic heterocycles. The van der Waals surface area contributed by atoms with Crippen LogP contribution in [0.15, 0.2) is 17.5 Å². The molecule has 2 heteroatoms. The van der Waals surface area contributed by atoms with E-state index in [1.807, 2.05) is 11.3 Å². The van der Waals surface area contributed by atoms with E-state index in [2.05, 4.69) is 17.5 Å². The predicted octanol–water partition coefficient (Wildman–Crippen LogP) is 3.59. The Bertz CT molecular complexity index is 268. The highest BCUT2D eigenvalue weighted by molar-refractivity contribution is 7.09. The number of aryl methyl sites for hydroxylation is 1. The second kappa shape index (κ2) is 5.66. The van der Waals surface area contributed by atoms with Gasteiger partial charge in [-0.05, 0) is 43.0 Å². The van der Waals surface area contributed by atoms with Crippen LogP contribution in [0.2, 0.25) is 0 Å². The van der Waals surface area contributed by atoms with E-state index < -0.39 is 0 Å². The van der Waals surface area contributed by atoms with Gasteiger partial charge in [0.05, 0.1) is 0 Å². The van der Waals surface area contributed by atoms with Gasteiger partial charge in [-0.1, -0.05) is 25.3 Å². The Kier molecular flexibility index (Phi) is 4.21. The van der Waals surface area contributed by atoms with Crippen molar-refractivity contribution >= 4 is 11.3 Å². The Morgan fingerprint density at radius 2 is 2.20 bits per heavy atom. The first kappa shape index (κ1) is 11.2. The van der Waals surface area contributed by atoms with Crippen molar-refractivity contribution in [3.8, 4) is 0 Å². The van der Waals surface area contributed by atoms with Gasteiger partial charge in [0.1, 0.15) is 0 Å². The van der Waals surface area contributed by atoms with Crippen molar-refractivity contribution < 1.29 is 0 Å². The van der Waals surface area contributed by atoms with Gasteiger partial charge in [-0.25, -0.2) is 0 Å². The molecule has 15 heavy (non-hydrogen) atoms. The van der Waals surface area contributed by atoms with Gasteiger partial charge in [-0.15, -0.1) is 11.3 Å². The average Bonchev–Trinajstić information content (AvgIpc) is 2.65. The minimum atomic E-state index is 0.473. The van der Waals surface area contributed by atoms with E-state index in [4.69, 9.17) is 5.73 Å². The molecule has 2 unspecified atom stereocenters. The molecule has 1 fully saturated rings. The van der Waals surface area contributed by atoms with Crippen molar-refractivity contribution in [2.24, 2.45) is 11.7 Å². The lowest BCUT2D eigenvalue weighted by Crippen LogP contribution is -2.21. The second-order valence-electron chi connectivity index (χ2n) is 4.76. The highest BCUT2D eigenvalue weighted by atomic mass is 32.1. The van der Waals surface area contributed by atoms with Gasteiger partial charge in [0.15, 0.2) is 0 Å². The fraction of sp³-hybridized carbons (Fsp3) is 0.692. The van der Waals surface area contributed by atoms with Crippen molar-refractivity contribution in [3.05, 3.63) is 22.4 Å². The summed E-state index contributed by atoms with van der Waals surface area (Å²) in [6.45, 7) is 0. The average molecular weight is 223 g/mol. The van der Waals surface area contributed by atoms with Gasteiger partial charge in [0.2, 0.25) is 0 Å². The first-order valence-corrected chi connectivity index (χ1v) is 7.00. The molecule has 0 saturated heterocycles. The smallest absolute Gasteiger partial charge is 0.00453 e. The van der Waals surface area contributed by atoms with Crippen LogP contribution < -0.4 is 5.73 Å². The SMILES string of the molecule is NC1CCCCC(CCc2cccs2)C1. The van der Waals surface area contributed by atoms with Crippen LogP contribution in [0.4, 0.5) is 0 Å². The second-order valence-corrected chi connectivity index (χ2v) is 5.80. The molecule has 1 heterocycles. The van der Waals surface area contributed by atoms with Crippen molar-refractivity contribution in [1.29, 1.82) is 0 Å². The quantitative estimate of drug-likeness (QED) is 0.779. The molecule has 1 aromatic rings. The highest BCUT2D eigenvalue weighted by Crippen LogP contribution is 2.26. The van der Waals surface area contributed by atoms with Gasteiger partial charge in [-0.3, -0.25) is 0 Å². The normalized spacial score (nSPS) is 27.5. The Morgan fingerprint density at radius 3 is 3.00 bits per heavy atom. The predicted molar refractivity (Wildman–Crippen MR) is 67.2 cm³/mol. The van der Waals surface area contributed by atoms with E-state index in [9.17, 15) is 0 Å². The number of hydrogen-bond donors (Lipinski definition) is 1. The Balaban J connectivity index is 1.78. The van der Waals surface area contributed by atoms with Crippen LogP contribution in [-0.4, -0.2) is 6.04 Å². The summed E-state index contributed by atoms with van der Waals surface area (Å²) in [6, 6.07) is 4.88.